The molecule has 6 heteroatoms. The van der Waals surface area contributed by atoms with Crippen molar-refractivity contribution in [1.82, 2.24) is 19.4 Å². The summed E-state index contributed by atoms with van der Waals surface area (Å²) < 4.78 is 15.6. The van der Waals surface area contributed by atoms with E-state index in [0.717, 1.165) is 5.56 Å². The summed E-state index contributed by atoms with van der Waals surface area (Å²) in [5.41, 5.74) is 3.34. The zero-order chi connectivity index (χ0) is 19.6. The smallest absolute Gasteiger partial charge is 0.274 e. The number of aryl methyl sites for hydroxylation is 2. The maximum Gasteiger partial charge on any atom is 0.274 e. The molecule has 0 saturated heterocycles. The molecule has 0 fully saturated rings. The summed E-state index contributed by atoms with van der Waals surface area (Å²) in [4.78, 5) is 23.1. The molecule has 140 valence electrons. The fraction of sp³-hybridized carbons (Fsp3) is 0.286. The second kappa shape index (κ2) is 7.70. The first kappa shape index (κ1) is 18.8. The van der Waals surface area contributed by atoms with Crippen molar-refractivity contribution in [3.63, 3.8) is 0 Å². The van der Waals surface area contributed by atoms with Crippen LogP contribution < -0.4 is 0 Å². The Bertz CT molecular complexity index is 964. The minimum Gasteiger partial charge on any atom is -0.340 e. The Hall–Kier alpha value is -3.02. The van der Waals surface area contributed by atoms with Crippen LogP contribution in [-0.2, 0) is 13.6 Å². The van der Waals surface area contributed by atoms with E-state index < -0.39 is 0 Å². The quantitative estimate of drug-likeness (QED) is 0.686. The molecule has 3 aromatic rings. The Balaban J connectivity index is 1.86. The zero-order valence-corrected chi connectivity index (χ0v) is 16.0. The third kappa shape index (κ3) is 4.22. The van der Waals surface area contributed by atoms with Crippen molar-refractivity contribution in [2.45, 2.75) is 33.4 Å². The number of carbonyl (C=O) groups is 1. The number of halogens is 1. The average Bonchev–Trinajstić information content (AvgIpc) is 3.08. The van der Waals surface area contributed by atoms with Gasteiger partial charge in [-0.3, -0.25) is 9.78 Å². The van der Waals surface area contributed by atoms with Crippen LogP contribution in [0.5, 0.6) is 0 Å². The van der Waals surface area contributed by atoms with Crippen LogP contribution in [0.2, 0.25) is 0 Å². The summed E-state index contributed by atoms with van der Waals surface area (Å²) in [6.45, 7) is 6.10. The van der Waals surface area contributed by atoms with Gasteiger partial charge in [0.1, 0.15) is 11.5 Å². The Kier molecular flexibility index (Phi) is 5.35. The van der Waals surface area contributed by atoms with Crippen LogP contribution in [0, 0.1) is 12.7 Å². The van der Waals surface area contributed by atoms with E-state index in [9.17, 15) is 9.18 Å². The van der Waals surface area contributed by atoms with Gasteiger partial charge in [-0.1, -0.05) is 12.1 Å². The molecule has 27 heavy (non-hydrogen) atoms. The Labute approximate surface area is 158 Å². The molecule has 1 aromatic carbocycles. The van der Waals surface area contributed by atoms with E-state index in [2.05, 4.69) is 9.97 Å². The normalized spacial score (nSPS) is 11.0. The number of benzene rings is 1. The first-order valence-electron chi connectivity index (χ1n) is 8.85. The van der Waals surface area contributed by atoms with Gasteiger partial charge in [-0.2, -0.15) is 0 Å². The topological polar surface area (TPSA) is 51.0 Å². The van der Waals surface area contributed by atoms with Gasteiger partial charge in [0, 0.05) is 37.6 Å². The number of hydrogen-bond acceptors (Lipinski definition) is 3. The Morgan fingerprint density at radius 2 is 2.00 bits per heavy atom. The van der Waals surface area contributed by atoms with Crippen LogP contribution in [0.25, 0.3) is 11.3 Å². The molecule has 3 rings (SSSR count). The highest BCUT2D eigenvalue weighted by Crippen LogP contribution is 2.22. The number of aromatic nitrogens is 3. The molecule has 5 nitrogen and oxygen atoms in total. The van der Waals surface area contributed by atoms with Gasteiger partial charge in [0.25, 0.3) is 5.91 Å². The van der Waals surface area contributed by atoms with E-state index in [-0.39, 0.29) is 17.8 Å². The van der Waals surface area contributed by atoms with Crippen molar-refractivity contribution in [3.8, 4) is 11.3 Å². The predicted octanol–water partition coefficient (Wildman–Crippen LogP) is 3.98. The van der Waals surface area contributed by atoms with Crippen LogP contribution in [0.15, 0.2) is 49.1 Å². The highest BCUT2D eigenvalue weighted by Gasteiger charge is 2.21. The van der Waals surface area contributed by atoms with Gasteiger partial charge < -0.3 is 9.47 Å². The molecular formula is C21H23FN4O. The molecular weight excluding hydrogens is 343 g/mol. The van der Waals surface area contributed by atoms with E-state index >= 15 is 0 Å². The molecule has 2 aromatic heterocycles. The minimum atomic E-state index is -0.256. The maximum absolute atomic E-state index is 13.9. The van der Waals surface area contributed by atoms with Gasteiger partial charge >= 0.3 is 0 Å². The third-order valence-corrected chi connectivity index (χ3v) is 4.45. The number of rotatable bonds is 5. The van der Waals surface area contributed by atoms with Crippen molar-refractivity contribution < 1.29 is 9.18 Å². The van der Waals surface area contributed by atoms with Gasteiger partial charge in [0.15, 0.2) is 0 Å². The molecule has 0 atom stereocenters. The number of hydrogen-bond donors (Lipinski definition) is 0. The first-order chi connectivity index (χ1) is 12.8. The third-order valence-electron chi connectivity index (χ3n) is 4.45. The fourth-order valence-corrected chi connectivity index (χ4v) is 2.84. The van der Waals surface area contributed by atoms with Gasteiger partial charge in [0.2, 0.25) is 0 Å². The lowest BCUT2D eigenvalue weighted by molar-refractivity contribution is 0.0684. The van der Waals surface area contributed by atoms with Crippen molar-refractivity contribution >= 4 is 5.91 Å². The summed E-state index contributed by atoms with van der Waals surface area (Å²) in [5, 5.41) is 0. The van der Waals surface area contributed by atoms with Crippen molar-refractivity contribution in [3.05, 3.63) is 71.7 Å². The second-order valence-corrected chi connectivity index (χ2v) is 6.96. The number of imidazole rings is 1. The molecule has 0 bridgehead atoms. The van der Waals surface area contributed by atoms with E-state index in [4.69, 9.17) is 0 Å². The Morgan fingerprint density at radius 1 is 1.22 bits per heavy atom. The molecule has 0 unspecified atom stereocenters. The predicted molar refractivity (Wildman–Crippen MR) is 103 cm³/mol. The number of nitrogens with zero attached hydrogens (tertiary/aromatic N) is 4. The number of pyridine rings is 1. The maximum atomic E-state index is 13.9. The summed E-state index contributed by atoms with van der Waals surface area (Å²) >= 11 is 0. The standard InChI is InChI=1S/C21H23FN4O/c1-14(2)26(21(27)20-12-25(4)13-24-20)11-16-7-8-23-19(9-16)17-6-5-15(3)18(22)10-17/h5-10,12-14H,11H2,1-4H3. The molecule has 1 amide bonds. The SMILES string of the molecule is Cc1ccc(-c2cc(CN(C(=O)c3cn(C)cn3)C(C)C)ccn2)cc1F. The lowest BCUT2D eigenvalue weighted by Crippen LogP contribution is -2.36. The summed E-state index contributed by atoms with van der Waals surface area (Å²) in [6, 6.07) is 8.85. The van der Waals surface area contributed by atoms with Crippen molar-refractivity contribution in [1.29, 1.82) is 0 Å². The lowest BCUT2D eigenvalue weighted by Gasteiger charge is -2.26. The van der Waals surface area contributed by atoms with Crippen LogP contribution in [-0.4, -0.2) is 31.4 Å². The van der Waals surface area contributed by atoms with E-state index in [1.165, 1.54) is 6.07 Å². The monoisotopic (exact) mass is 366 g/mol. The second-order valence-electron chi connectivity index (χ2n) is 6.96. The highest BCUT2D eigenvalue weighted by atomic mass is 19.1. The molecule has 0 saturated carbocycles. The van der Waals surface area contributed by atoms with Gasteiger partial charge in [-0.15, -0.1) is 0 Å². The van der Waals surface area contributed by atoms with Crippen LogP contribution in [0.1, 0.15) is 35.5 Å². The molecule has 0 aliphatic rings. The van der Waals surface area contributed by atoms with Gasteiger partial charge in [0.05, 0.1) is 12.0 Å². The average molecular weight is 366 g/mol. The molecule has 0 N–H and O–H groups in total. The minimum absolute atomic E-state index is 0.00735. The van der Waals surface area contributed by atoms with Crippen LogP contribution in [0.3, 0.4) is 0 Å². The highest BCUT2D eigenvalue weighted by molar-refractivity contribution is 5.92. The molecule has 0 aliphatic heterocycles. The lowest BCUT2D eigenvalue weighted by atomic mass is 10.1. The zero-order valence-electron chi connectivity index (χ0n) is 16.0. The molecule has 0 spiro atoms. The molecule has 0 radical (unpaired) electrons. The van der Waals surface area contributed by atoms with Crippen LogP contribution >= 0.6 is 0 Å². The van der Waals surface area contributed by atoms with Gasteiger partial charge in [-0.25, -0.2) is 9.37 Å². The van der Waals surface area contributed by atoms with Crippen LogP contribution in [0.4, 0.5) is 4.39 Å². The fourth-order valence-electron chi connectivity index (χ4n) is 2.84. The number of amides is 1. The van der Waals surface area contributed by atoms with Crippen molar-refractivity contribution in [2.24, 2.45) is 7.05 Å². The number of carbonyl (C=O) groups excluding carboxylic acids is 1. The Morgan fingerprint density at radius 3 is 2.63 bits per heavy atom. The van der Waals surface area contributed by atoms with E-state index in [1.807, 2.05) is 39.1 Å². The van der Waals surface area contributed by atoms with Crippen molar-refractivity contribution in [2.75, 3.05) is 0 Å². The summed E-state index contributed by atoms with van der Waals surface area (Å²) in [6.07, 6.45) is 5.01. The molecule has 2 heterocycles. The molecule has 0 aliphatic carbocycles. The van der Waals surface area contributed by atoms with Gasteiger partial charge in [-0.05, 0) is 50.1 Å². The first-order valence-corrected chi connectivity index (χ1v) is 8.85. The summed E-state index contributed by atoms with van der Waals surface area (Å²) in [7, 11) is 1.83. The van der Waals surface area contributed by atoms with E-state index in [0.29, 0.717) is 29.1 Å². The summed E-state index contributed by atoms with van der Waals surface area (Å²) in [5.74, 6) is -0.376. The largest absolute Gasteiger partial charge is 0.340 e. The van der Waals surface area contributed by atoms with E-state index in [1.54, 1.807) is 41.2 Å².